The summed E-state index contributed by atoms with van der Waals surface area (Å²) in [4.78, 5) is 12.0. The van der Waals surface area contributed by atoms with Gasteiger partial charge in [-0.15, -0.1) is 0 Å². The van der Waals surface area contributed by atoms with Gasteiger partial charge >= 0.3 is 0 Å². The molecule has 5 heteroatoms. The quantitative estimate of drug-likeness (QED) is 0.694. The molecule has 0 aliphatic heterocycles. The number of carbonyl (C=O) groups is 1. The topological polar surface area (TPSA) is 72.6 Å². The van der Waals surface area contributed by atoms with Crippen molar-refractivity contribution in [3.05, 3.63) is 65.5 Å². The summed E-state index contributed by atoms with van der Waals surface area (Å²) in [5.74, 6) is -0.769. The first-order chi connectivity index (χ1) is 13.1. The molecule has 27 heavy (non-hydrogen) atoms. The molecule has 3 aromatic carbocycles. The van der Waals surface area contributed by atoms with Crippen molar-refractivity contribution in [2.24, 2.45) is 5.73 Å². The predicted molar refractivity (Wildman–Crippen MR) is 102 cm³/mol. The van der Waals surface area contributed by atoms with Crippen molar-refractivity contribution in [3.8, 4) is 16.9 Å². The summed E-state index contributed by atoms with van der Waals surface area (Å²) < 4.78 is 20.0. The second kappa shape index (κ2) is 7.00. The average Bonchev–Trinajstić information content (AvgIpc) is 3.51. The van der Waals surface area contributed by atoms with Crippen LogP contribution in [-0.2, 0) is 0 Å². The highest BCUT2D eigenvalue weighted by molar-refractivity contribution is 6.07. The first-order valence-electron chi connectivity index (χ1n) is 8.99. The number of primary amides is 1. The molecule has 0 atom stereocenters. The van der Waals surface area contributed by atoms with Crippen LogP contribution in [0.25, 0.3) is 21.9 Å². The molecule has 138 valence electrons. The highest BCUT2D eigenvalue weighted by atomic mass is 19.1. The van der Waals surface area contributed by atoms with Gasteiger partial charge in [-0.3, -0.25) is 4.79 Å². The van der Waals surface area contributed by atoms with Gasteiger partial charge in [-0.1, -0.05) is 36.4 Å². The molecule has 4 rings (SSSR count). The number of hydrogen-bond acceptors (Lipinski definition) is 3. The van der Waals surface area contributed by atoms with Crippen molar-refractivity contribution < 1.29 is 19.0 Å². The fourth-order valence-electron chi connectivity index (χ4n) is 3.62. The molecule has 0 spiro atoms. The number of rotatable bonds is 6. The molecule has 0 aromatic heterocycles. The maximum Gasteiger partial charge on any atom is 0.249 e. The molecule has 0 bridgehead atoms. The van der Waals surface area contributed by atoms with Gasteiger partial charge in [0.15, 0.2) is 11.6 Å². The zero-order chi connectivity index (χ0) is 19.0. The predicted octanol–water partition coefficient (Wildman–Crippen LogP) is 3.99. The Kier molecular flexibility index (Phi) is 4.54. The van der Waals surface area contributed by atoms with E-state index in [9.17, 15) is 9.18 Å². The molecule has 0 heterocycles. The smallest absolute Gasteiger partial charge is 0.249 e. The van der Waals surface area contributed by atoms with E-state index in [1.807, 2.05) is 30.3 Å². The molecule has 4 nitrogen and oxygen atoms in total. The van der Waals surface area contributed by atoms with Gasteiger partial charge in [0.05, 0.1) is 12.2 Å². The summed E-state index contributed by atoms with van der Waals surface area (Å²) in [5.41, 5.74) is 8.04. The summed E-state index contributed by atoms with van der Waals surface area (Å²) in [5, 5.41) is 11.1. The fraction of sp³-hybridized carbons (Fsp3) is 0.227. The normalized spacial score (nSPS) is 13.7. The summed E-state index contributed by atoms with van der Waals surface area (Å²) in [6, 6.07) is 14.4. The summed E-state index contributed by atoms with van der Waals surface area (Å²) in [6.45, 7) is -0.342. The molecule has 1 aliphatic rings. The first kappa shape index (κ1) is 17.5. The van der Waals surface area contributed by atoms with Crippen LogP contribution in [0.5, 0.6) is 5.75 Å². The Labute approximate surface area is 156 Å². The van der Waals surface area contributed by atoms with Crippen molar-refractivity contribution in [2.45, 2.75) is 18.8 Å². The number of amides is 1. The van der Waals surface area contributed by atoms with Crippen LogP contribution in [0.2, 0.25) is 0 Å². The van der Waals surface area contributed by atoms with Crippen molar-refractivity contribution in [2.75, 3.05) is 13.2 Å². The highest BCUT2D eigenvalue weighted by Crippen LogP contribution is 2.45. The Morgan fingerprint density at radius 1 is 1.11 bits per heavy atom. The number of nitrogens with two attached hydrogens (primary N) is 1. The monoisotopic (exact) mass is 365 g/mol. The van der Waals surface area contributed by atoms with Crippen LogP contribution in [0.1, 0.15) is 34.7 Å². The summed E-state index contributed by atoms with van der Waals surface area (Å²) in [6.07, 6.45) is 2.33. The Balaban J connectivity index is 2.01. The lowest BCUT2D eigenvalue weighted by atomic mass is 9.91. The van der Waals surface area contributed by atoms with Crippen molar-refractivity contribution in [3.63, 3.8) is 0 Å². The number of aliphatic hydroxyl groups is 1. The van der Waals surface area contributed by atoms with Crippen LogP contribution in [0.4, 0.5) is 4.39 Å². The Morgan fingerprint density at radius 3 is 2.56 bits per heavy atom. The SMILES string of the molecule is NC(=O)c1ccc(F)c(OCCO)c1-c1cccc2c(C3CC3)cccc12. The van der Waals surface area contributed by atoms with E-state index in [4.69, 9.17) is 15.6 Å². The number of carbonyl (C=O) groups excluding carboxylic acids is 1. The third-order valence-corrected chi connectivity index (χ3v) is 4.96. The molecular weight excluding hydrogens is 345 g/mol. The minimum absolute atomic E-state index is 0.0651. The van der Waals surface area contributed by atoms with E-state index in [0.717, 1.165) is 16.8 Å². The van der Waals surface area contributed by atoms with E-state index in [0.29, 0.717) is 17.0 Å². The van der Waals surface area contributed by atoms with Crippen LogP contribution in [0, 0.1) is 5.82 Å². The number of hydrogen-bond donors (Lipinski definition) is 2. The molecule has 3 aromatic rings. The maximum atomic E-state index is 14.6. The molecular formula is C22H20FNO3. The van der Waals surface area contributed by atoms with E-state index in [1.54, 1.807) is 0 Å². The number of aliphatic hydroxyl groups excluding tert-OH is 1. The third kappa shape index (κ3) is 3.15. The summed E-state index contributed by atoms with van der Waals surface area (Å²) in [7, 11) is 0. The number of halogens is 1. The lowest BCUT2D eigenvalue weighted by Gasteiger charge is -2.17. The standard InChI is InChI=1S/C22H20FNO3/c23-19-10-9-18(22(24)26)20(21(19)27-12-11-25)17-6-2-4-15-14(13-7-8-13)3-1-5-16(15)17/h1-6,9-10,13,25H,7-8,11-12H2,(H2,24,26). The fourth-order valence-corrected chi connectivity index (χ4v) is 3.62. The van der Waals surface area contributed by atoms with E-state index in [1.165, 1.54) is 24.5 Å². The van der Waals surface area contributed by atoms with Crippen LogP contribution in [0.3, 0.4) is 0 Å². The maximum absolute atomic E-state index is 14.6. The third-order valence-electron chi connectivity index (χ3n) is 4.96. The summed E-state index contributed by atoms with van der Waals surface area (Å²) >= 11 is 0. The van der Waals surface area contributed by atoms with Gasteiger partial charge in [0.25, 0.3) is 0 Å². The van der Waals surface area contributed by atoms with Gasteiger partial charge in [0.1, 0.15) is 6.61 Å². The Bertz CT molecular complexity index is 1030. The van der Waals surface area contributed by atoms with Gasteiger partial charge in [0.2, 0.25) is 5.91 Å². The van der Waals surface area contributed by atoms with E-state index < -0.39 is 11.7 Å². The molecule has 1 aliphatic carbocycles. The first-order valence-corrected chi connectivity index (χ1v) is 8.99. The van der Waals surface area contributed by atoms with Gasteiger partial charge in [-0.2, -0.15) is 0 Å². The van der Waals surface area contributed by atoms with Gasteiger partial charge in [-0.25, -0.2) is 4.39 Å². The van der Waals surface area contributed by atoms with E-state index >= 15 is 0 Å². The largest absolute Gasteiger partial charge is 0.487 e. The van der Waals surface area contributed by atoms with Crippen molar-refractivity contribution >= 4 is 16.7 Å². The second-order valence-electron chi connectivity index (χ2n) is 6.76. The van der Waals surface area contributed by atoms with Gasteiger partial charge in [-0.05, 0) is 52.8 Å². The van der Waals surface area contributed by atoms with Crippen LogP contribution < -0.4 is 10.5 Å². The second-order valence-corrected chi connectivity index (χ2v) is 6.76. The van der Waals surface area contributed by atoms with Crippen LogP contribution in [0.15, 0.2) is 48.5 Å². The number of fused-ring (bicyclic) bond motifs is 1. The van der Waals surface area contributed by atoms with E-state index in [2.05, 4.69) is 6.07 Å². The zero-order valence-corrected chi connectivity index (χ0v) is 14.7. The van der Waals surface area contributed by atoms with Gasteiger partial charge in [0, 0.05) is 5.56 Å². The minimum Gasteiger partial charge on any atom is -0.487 e. The van der Waals surface area contributed by atoms with E-state index in [-0.39, 0.29) is 24.5 Å². The van der Waals surface area contributed by atoms with Crippen molar-refractivity contribution in [1.82, 2.24) is 0 Å². The van der Waals surface area contributed by atoms with Crippen LogP contribution in [-0.4, -0.2) is 24.2 Å². The lowest BCUT2D eigenvalue weighted by Crippen LogP contribution is -2.14. The molecule has 1 saturated carbocycles. The Hall–Kier alpha value is -2.92. The number of benzene rings is 3. The molecule has 1 amide bonds. The molecule has 0 saturated heterocycles. The number of ether oxygens (including phenoxy) is 1. The van der Waals surface area contributed by atoms with Gasteiger partial charge < -0.3 is 15.6 Å². The Morgan fingerprint density at radius 2 is 1.85 bits per heavy atom. The zero-order valence-electron chi connectivity index (χ0n) is 14.7. The molecule has 0 radical (unpaired) electrons. The molecule has 3 N–H and O–H groups in total. The highest BCUT2D eigenvalue weighted by Gasteiger charge is 2.26. The van der Waals surface area contributed by atoms with Crippen molar-refractivity contribution in [1.29, 1.82) is 0 Å². The average molecular weight is 365 g/mol. The van der Waals surface area contributed by atoms with Crippen LogP contribution >= 0.6 is 0 Å². The minimum atomic E-state index is -0.658. The molecule has 0 unspecified atom stereocenters. The molecule has 1 fully saturated rings. The lowest BCUT2D eigenvalue weighted by molar-refractivity contribution is 0.100.